The minimum Gasteiger partial charge on any atom is -0.329 e. The van der Waals surface area contributed by atoms with Crippen LogP contribution in [0.15, 0.2) is 52.4 Å². The summed E-state index contributed by atoms with van der Waals surface area (Å²) in [6.45, 7) is 2.09. The van der Waals surface area contributed by atoms with Gasteiger partial charge in [-0.25, -0.2) is 4.98 Å². The van der Waals surface area contributed by atoms with Gasteiger partial charge in [0.15, 0.2) is 0 Å². The summed E-state index contributed by atoms with van der Waals surface area (Å²) in [5.74, 6) is 1.47. The molecule has 3 aromatic rings. The molecule has 0 amide bonds. The van der Waals surface area contributed by atoms with E-state index in [1.807, 2.05) is 18.2 Å². The van der Waals surface area contributed by atoms with E-state index in [1.165, 1.54) is 5.56 Å². The number of fused-ring (bicyclic) bond motifs is 1. The molecule has 5 heteroatoms. The van der Waals surface area contributed by atoms with Crippen molar-refractivity contribution in [3.8, 4) is 0 Å². The number of H-pyrrole nitrogens is 1. The molecule has 3 rings (SSSR count). The molecule has 4 nitrogen and oxygen atoms in total. The summed E-state index contributed by atoms with van der Waals surface area (Å²) < 4.78 is 1.58. The average molecular weight is 299 g/mol. The van der Waals surface area contributed by atoms with Crippen LogP contribution in [0.25, 0.3) is 5.78 Å². The molecule has 0 unspecified atom stereocenters. The summed E-state index contributed by atoms with van der Waals surface area (Å²) in [7, 11) is 0. The summed E-state index contributed by atoms with van der Waals surface area (Å²) >= 11 is 1.64. The van der Waals surface area contributed by atoms with Gasteiger partial charge in [-0.3, -0.25) is 9.20 Å². The second-order valence-electron chi connectivity index (χ2n) is 4.93. The van der Waals surface area contributed by atoms with E-state index in [0.29, 0.717) is 5.78 Å². The first kappa shape index (κ1) is 13.9. The number of rotatable bonds is 5. The number of hydrogen-bond acceptors (Lipinski definition) is 3. The van der Waals surface area contributed by atoms with Crippen LogP contribution in [-0.4, -0.2) is 14.4 Å². The zero-order chi connectivity index (χ0) is 14.7. The standard InChI is InChI=1S/C16H17N3OS/c1-2-6-13-9-15(20)19-10-14(18-16(19)17-13)21-11-12-7-4-3-5-8-12/h3-5,7-10H,2,6,11H2,1H3,(H,17,18). The largest absolute Gasteiger partial charge is 0.329 e. The van der Waals surface area contributed by atoms with Crippen LogP contribution in [0.2, 0.25) is 0 Å². The number of aromatic amines is 1. The smallest absolute Gasteiger partial charge is 0.259 e. The molecule has 0 radical (unpaired) electrons. The highest BCUT2D eigenvalue weighted by Crippen LogP contribution is 2.21. The van der Waals surface area contributed by atoms with E-state index in [-0.39, 0.29) is 5.56 Å². The second-order valence-corrected chi connectivity index (χ2v) is 5.93. The molecule has 0 saturated heterocycles. The van der Waals surface area contributed by atoms with Crippen LogP contribution in [0.1, 0.15) is 24.6 Å². The van der Waals surface area contributed by atoms with Gasteiger partial charge in [0, 0.05) is 23.7 Å². The molecule has 0 saturated carbocycles. The first-order chi connectivity index (χ1) is 10.3. The monoisotopic (exact) mass is 299 g/mol. The number of aryl methyl sites for hydroxylation is 1. The van der Waals surface area contributed by atoms with Gasteiger partial charge in [-0.2, -0.15) is 0 Å². The molecule has 108 valence electrons. The van der Waals surface area contributed by atoms with Crippen LogP contribution in [0.4, 0.5) is 0 Å². The highest BCUT2D eigenvalue weighted by atomic mass is 32.2. The van der Waals surface area contributed by atoms with Crippen molar-refractivity contribution in [2.75, 3.05) is 0 Å². The predicted octanol–water partition coefficient (Wildman–Crippen LogP) is 3.27. The molecular weight excluding hydrogens is 282 g/mol. The Labute approximate surface area is 127 Å². The molecule has 1 N–H and O–H groups in total. The number of imidazole rings is 1. The first-order valence-electron chi connectivity index (χ1n) is 7.04. The van der Waals surface area contributed by atoms with Gasteiger partial charge in [0.05, 0.1) is 0 Å². The number of hydrogen-bond donors (Lipinski definition) is 1. The molecule has 0 spiro atoms. The minimum atomic E-state index is -0.0220. The SMILES string of the molecule is CCCc1cc(=O)n2cc(SCc3ccccc3)nc2[nH]1. The third kappa shape index (κ3) is 3.19. The van der Waals surface area contributed by atoms with E-state index in [4.69, 9.17) is 0 Å². The molecule has 1 aromatic carbocycles. The Kier molecular flexibility index (Phi) is 4.10. The lowest BCUT2D eigenvalue weighted by Crippen LogP contribution is -2.13. The van der Waals surface area contributed by atoms with Crippen molar-refractivity contribution < 1.29 is 0 Å². The van der Waals surface area contributed by atoms with Crippen molar-refractivity contribution in [2.24, 2.45) is 0 Å². The lowest BCUT2D eigenvalue weighted by molar-refractivity contribution is 0.866. The Morgan fingerprint density at radius 1 is 1.29 bits per heavy atom. The zero-order valence-electron chi connectivity index (χ0n) is 11.9. The maximum absolute atomic E-state index is 12.1. The molecule has 0 aliphatic heterocycles. The fourth-order valence-corrected chi connectivity index (χ4v) is 3.06. The number of benzene rings is 1. The van der Waals surface area contributed by atoms with E-state index in [1.54, 1.807) is 28.4 Å². The summed E-state index contributed by atoms with van der Waals surface area (Å²) in [6, 6.07) is 11.9. The van der Waals surface area contributed by atoms with Crippen LogP contribution in [0.5, 0.6) is 0 Å². The van der Waals surface area contributed by atoms with Crippen LogP contribution >= 0.6 is 11.8 Å². The third-order valence-corrected chi connectivity index (χ3v) is 4.21. The number of thioether (sulfide) groups is 1. The maximum Gasteiger partial charge on any atom is 0.259 e. The average Bonchev–Trinajstić information content (AvgIpc) is 2.90. The van der Waals surface area contributed by atoms with E-state index >= 15 is 0 Å². The molecular formula is C16H17N3OS. The van der Waals surface area contributed by atoms with Crippen LogP contribution in [0.3, 0.4) is 0 Å². The quantitative estimate of drug-likeness (QED) is 0.736. The van der Waals surface area contributed by atoms with Gasteiger partial charge in [-0.1, -0.05) is 43.7 Å². The Hall–Kier alpha value is -2.01. The van der Waals surface area contributed by atoms with Gasteiger partial charge in [-0.05, 0) is 12.0 Å². The van der Waals surface area contributed by atoms with Crippen molar-refractivity contribution >= 4 is 17.5 Å². The maximum atomic E-state index is 12.1. The fraction of sp³-hybridized carbons (Fsp3) is 0.250. The molecule has 0 atom stereocenters. The van der Waals surface area contributed by atoms with Crippen LogP contribution < -0.4 is 5.56 Å². The van der Waals surface area contributed by atoms with Crippen molar-refractivity contribution in [2.45, 2.75) is 30.5 Å². The molecule has 2 heterocycles. The van der Waals surface area contributed by atoms with Gasteiger partial charge in [0.2, 0.25) is 5.78 Å². The summed E-state index contributed by atoms with van der Waals surface area (Å²) in [6.07, 6.45) is 3.67. The van der Waals surface area contributed by atoms with Crippen molar-refractivity contribution in [3.63, 3.8) is 0 Å². The van der Waals surface area contributed by atoms with Gasteiger partial charge < -0.3 is 4.98 Å². The molecule has 21 heavy (non-hydrogen) atoms. The number of nitrogens with zero attached hydrogens (tertiary/aromatic N) is 2. The van der Waals surface area contributed by atoms with E-state index in [9.17, 15) is 4.79 Å². The molecule has 0 aliphatic rings. The highest BCUT2D eigenvalue weighted by Gasteiger charge is 2.07. The minimum absolute atomic E-state index is 0.0220. The van der Waals surface area contributed by atoms with Crippen LogP contribution in [-0.2, 0) is 12.2 Å². The Bertz CT molecular complexity index is 792. The van der Waals surface area contributed by atoms with Crippen molar-refractivity contribution in [1.82, 2.24) is 14.4 Å². The normalized spacial score (nSPS) is 11.1. The molecule has 2 aromatic heterocycles. The molecule has 0 fully saturated rings. The highest BCUT2D eigenvalue weighted by molar-refractivity contribution is 7.98. The number of nitrogens with one attached hydrogen (secondary N) is 1. The Morgan fingerprint density at radius 3 is 2.86 bits per heavy atom. The van der Waals surface area contributed by atoms with Crippen LogP contribution in [0, 0.1) is 0 Å². The third-order valence-electron chi connectivity index (χ3n) is 3.24. The van der Waals surface area contributed by atoms with Gasteiger partial charge in [-0.15, -0.1) is 11.8 Å². The van der Waals surface area contributed by atoms with E-state index in [0.717, 1.165) is 29.3 Å². The number of aromatic nitrogens is 3. The lowest BCUT2D eigenvalue weighted by Gasteiger charge is -1.98. The first-order valence-corrected chi connectivity index (χ1v) is 8.03. The molecule has 0 bridgehead atoms. The van der Waals surface area contributed by atoms with Crippen molar-refractivity contribution in [3.05, 3.63) is 64.2 Å². The van der Waals surface area contributed by atoms with Gasteiger partial charge in [0.1, 0.15) is 5.03 Å². The zero-order valence-corrected chi connectivity index (χ0v) is 12.7. The second kappa shape index (κ2) is 6.18. The van der Waals surface area contributed by atoms with E-state index in [2.05, 4.69) is 29.0 Å². The van der Waals surface area contributed by atoms with E-state index < -0.39 is 0 Å². The summed E-state index contributed by atoms with van der Waals surface area (Å²) in [5.41, 5.74) is 2.17. The van der Waals surface area contributed by atoms with Gasteiger partial charge in [0.25, 0.3) is 5.56 Å². The Morgan fingerprint density at radius 2 is 2.10 bits per heavy atom. The Balaban J connectivity index is 1.84. The van der Waals surface area contributed by atoms with Gasteiger partial charge >= 0.3 is 0 Å². The van der Waals surface area contributed by atoms with Crippen molar-refractivity contribution in [1.29, 1.82) is 0 Å². The summed E-state index contributed by atoms with van der Waals surface area (Å²) in [4.78, 5) is 19.8. The predicted molar refractivity (Wildman–Crippen MR) is 85.8 cm³/mol. The summed E-state index contributed by atoms with van der Waals surface area (Å²) in [5, 5.41) is 0.862. The lowest BCUT2D eigenvalue weighted by atomic mass is 10.2. The fourth-order valence-electron chi connectivity index (χ4n) is 2.22. The molecule has 0 aliphatic carbocycles. The topological polar surface area (TPSA) is 50.2 Å².